The summed E-state index contributed by atoms with van der Waals surface area (Å²) >= 11 is 6.16. The monoisotopic (exact) mass is 284 g/mol. The van der Waals surface area contributed by atoms with Crippen LogP contribution in [0.1, 0.15) is 37.8 Å². The third-order valence-electron chi connectivity index (χ3n) is 4.14. The molecule has 1 aromatic rings. The zero-order valence-corrected chi connectivity index (χ0v) is 12.4. The number of rotatable bonds is 3. The zero-order chi connectivity index (χ0) is 13.8. The Morgan fingerprint density at radius 1 is 1.37 bits per heavy atom. The molecule has 0 aliphatic carbocycles. The van der Waals surface area contributed by atoms with E-state index in [-0.39, 0.29) is 11.9 Å². The van der Waals surface area contributed by atoms with Crippen LogP contribution in [0.3, 0.4) is 0 Å². The van der Waals surface area contributed by atoms with Crippen LogP contribution in [0.2, 0.25) is 5.02 Å². The van der Waals surface area contributed by atoms with E-state index in [9.17, 15) is 4.39 Å². The zero-order valence-electron chi connectivity index (χ0n) is 11.6. The van der Waals surface area contributed by atoms with E-state index in [4.69, 9.17) is 11.6 Å². The summed E-state index contributed by atoms with van der Waals surface area (Å²) in [5.74, 6) is -0.276. The molecule has 1 N–H and O–H groups in total. The van der Waals surface area contributed by atoms with Crippen LogP contribution in [0, 0.1) is 5.82 Å². The fourth-order valence-electron chi connectivity index (χ4n) is 2.78. The Labute approximate surface area is 119 Å². The van der Waals surface area contributed by atoms with Crippen LogP contribution in [0.15, 0.2) is 18.2 Å². The standard InChI is InChI=1S/C15H22ClFN2/c1-11(14-6-5-12(17)10-15(14)16)19(2)13-4-3-8-18-9-7-13/h5-6,10-11,13,18H,3-4,7-9H2,1-2H3. The lowest BCUT2D eigenvalue weighted by Crippen LogP contribution is -2.34. The second-order valence-corrected chi connectivity index (χ2v) is 5.75. The summed E-state index contributed by atoms with van der Waals surface area (Å²) in [6.07, 6.45) is 3.56. The summed E-state index contributed by atoms with van der Waals surface area (Å²) in [5.41, 5.74) is 1.00. The molecule has 0 spiro atoms. The van der Waals surface area contributed by atoms with Crippen molar-refractivity contribution in [2.75, 3.05) is 20.1 Å². The van der Waals surface area contributed by atoms with Crippen molar-refractivity contribution in [1.29, 1.82) is 0 Å². The van der Waals surface area contributed by atoms with Gasteiger partial charge in [0.15, 0.2) is 0 Å². The first-order chi connectivity index (χ1) is 9.09. The minimum Gasteiger partial charge on any atom is -0.317 e. The van der Waals surface area contributed by atoms with Gasteiger partial charge >= 0.3 is 0 Å². The molecule has 1 heterocycles. The van der Waals surface area contributed by atoms with Crippen LogP contribution in [0.4, 0.5) is 4.39 Å². The smallest absolute Gasteiger partial charge is 0.124 e. The molecule has 0 amide bonds. The number of nitrogens with zero attached hydrogens (tertiary/aromatic N) is 1. The van der Waals surface area contributed by atoms with Gasteiger partial charge in [-0.05, 0) is 64.0 Å². The second kappa shape index (κ2) is 6.69. The van der Waals surface area contributed by atoms with Gasteiger partial charge in [0.1, 0.15) is 5.82 Å². The third kappa shape index (κ3) is 3.68. The van der Waals surface area contributed by atoms with Gasteiger partial charge in [0.05, 0.1) is 0 Å². The fourth-order valence-corrected chi connectivity index (χ4v) is 3.11. The van der Waals surface area contributed by atoms with Crippen molar-refractivity contribution in [1.82, 2.24) is 10.2 Å². The van der Waals surface area contributed by atoms with Crippen LogP contribution in [-0.4, -0.2) is 31.1 Å². The molecule has 1 aromatic carbocycles. The number of hydrogen-bond acceptors (Lipinski definition) is 2. The van der Waals surface area contributed by atoms with Gasteiger partial charge in [0.25, 0.3) is 0 Å². The summed E-state index contributed by atoms with van der Waals surface area (Å²) in [7, 11) is 2.14. The predicted octanol–water partition coefficient (Wildman–Crippen LogP) is 3.61. The normalized spacial score (nSPS) is 22.3. The lowest BCUT2D eigenvalue weighted by molar-refractivity contribution is 0.171. The van der Waals surface area contributed by atoms with Crippen molar-refractivity contribution in [3.63, 3.8) is 0 Å². The highest BCUT2D eigenvalue weighted by Gasteiger charge is 2.23. The highest BCUT2D eigenvalue weighted by molar-refractivity contribution is 6.31. The van der Waals surface area contributed by atoms with Gasteiger partial charge in [-0.3, -0.25) is 4.90 Å². The molecule has 0 bridgehead atoms. The Kier molecular flexibility index (Phi) is 5.20. The number of nitrogens with one attached hydrogen (secondary N) is 1. The van der Waals surface area contributed by atoms with Gasteiger partial charge < -0.3 is 5.32 Å². The predicted molar refractivity (Wildman–Crippen MR) is 78.1 cm³/mol. The molecule has 1 fully saturated rings. The summed E-state index contributed by atoms with van der Waals surface area (Å²) in [6, 6.07) is 5.45. The van der Waals surface area contributed by atoms with Crippen molar-refractivity contribution in [3.05, 3.63) is 34.6 Å². The van der Waals surface area contributed by atoms with Gasteiger partial charge in [-0.2, -0.15) is 0 Å². The molecule has 19 heavy (non-hydrogen) atoms. The quantitative estimate of drug-likeness (QED) is 0.912. The van der Waals surface area contributed by atoms with Crippen molar-refractivity contribution in [2.24, 2.45) is 0 Å². The Morgan fingerprint density at radius 2 is 2.16 bits per heavy atom. The highest BCUT2D eigenvalue weighted by atomic mass is 35.5. The average Bonchev–Trinajstić information content (AvgIpc) is 2.66. The van der Waals surface area contributed by atoms with Crippen molar-refractivity contribution >= 4 is 11.6 Å². The molecule has 2 unspecified atom stereocenters. The molecule has 0 saturated carbocycles. The van der Waals surface area contributed by atoms with Crippen LogP contribution < -0.4 is 5.32 Å². The maximum Gasteiger partial charge on any atom is 0.124 e. The van der Waals surface area contributed by atoms with Gasteiger partial charge in [-0.15, -0.1) is 0 Å². The molecule has 4 heteroatoms. The van der Waals surface area contributed by atoms with E-state index in [0.29, 0.717) is 11.1 Å². The topological polar surface area (TPSA) is 15.3 Å². The van der Waals surface area contributed by atoms with Crippen molar-refractivity contribution < 1.29 is 4.39 Å². The lowest BCUT2D eigenvalue weighted by atomic mass is 10.0. The van der Waals surface area contributed by atoms with Crippen LogP contribution in [0.5, 0.6) is 0 Å². The molecular weight excluding hydrogens is 263 g/mol. The maximum atomic E-state index is 13.1. The van der Waals surface area contributed by atoms with Crippen LogP contribution in [0.25, 0.3) is 0 Å². The van der Waals surface area contributed by atoms with E-state index >= 15 is 0 Å². The van der Waals surface area contributed by atoms with Crippen LogP contribution in [-0.2, 0) is 0 Å². The number of hydrogen-bond donors (Lipinski definition) is 1. The van der Waals surface area contributed by atoms with E-state index in [2.05, 4.69) is 24.2 Å². The van der Waals surface area contributed by atoms with Crippen molar-refractivity contribution in [3.8, 4) is 0 Å². The maximum absolute atomic E-state index is 13.1. The second-order valence-electron chi connectivity index (χ2n) is 5.34. The van der Waals surface area contributed by atoms with Gasteiger partial charge in [0.2, 0.25) is 0 Å². The first-order valence-electron chi connectivity index (χ1n) is 6.97. The molecule has 0 radical (unpaired) electrons. The first kappa shape index (κ1) is 14.8. The molecule has 2 rings (SSSR count). The van der Waals surface area contributed by atoms with E-state index in [1.165, 1.54) is 25.0 Å². The Balaban J connectivity index is 2.10. The molecular formula is C15H22ClFN2. The Morgan fingerprint density at radius 3 is 2.89 bits per heavy atom. The van der Waals surface area contributed by atoms with E-state index in [1.807, 2.05) is 0 Å². The molecule has 2 nitrogen and oxygen atoms in total. The van der Waals surface area contributed by atoms with Crippen molar-refractivity contribution in [2.45, 2.75) is 38.3 Å². The average molecular weight is 285 g/mol. The minimum absolute atomic E-state index is 0.205. The summed E-state index contributed by atoms with van der Waals surface area (Å²) in [6.45, 7) is 4.31. The third-order valence-corrected chi connectivity index (χ3v) is 4.47. The van der Waals surface area contributed by atoms with Gasteiger partial charge in [-0.25, -0.2) is 4.39 Å². The molecule has 2 atom stereocenters. The van der Waals surface area contributed by atoms with Gasteiger partial charge in [-0.1, -0.05) is 17.7 Å². The molecule has 1 aliphatic rings. The van der Waals surface area contributed by atoms with E-state index in [1.54, 1.807) is 6.07 Å². The van der Waals surface area contributed by atoms with E-state index in [0.717, 1.165) is 25.1 Å². The van der Waals surface area contributed by atoms with Gasteiger partial charge in [0, 0.05) is 17.1 Å². The SMILES string of the molecule is CC(c1ccc(F)cc1Cl)N(C)C1CCCNCC1. The Bertz CT molecular complexity index is 417. The van der Waals surface area contributed by atoms with Crippen LogP contribution >= 0.6 is 11.6 Å². The Hall–Kier alpha value is -0.640. The molecule has 1 saturated heterocycles. The molecule has 106 valence electrons. The number of halogens is 2. The summed E-state index contributed by atoms with van der Waals surface area (Å²) in [5, 5.41) is 3.95. The summed E-state index contributed by atoms with van der Waals surface area (Å²) in [4.78, 5) is 2.37. The van der Waals surface area contributed by atoms with E-state index < -0.39 is 0 Å². The fraction of sp³-hybridized carbons (Fsp3) is 0.600. The number of benzene rings is 1. The minimum atomic E-state index is -0.276. The molecule has 1 aliphatic heterocycles. The first-order valence-corrected chi connectivity index (χ1v) is 7.35. The lowest BCUT2D eigenvalue weighted by Gasteiger charge is -2.33. The highest BCUT2D eigenvalue weighted by Crippen LogP contribution is 2.30. The summed E-state index contributed by atoms with van der Waals surface area (Å²) < 4.78 is 13.1. The largest absolute Gasteiger partial charge is 0.317 e. The molecule has 0 aromatic heterocycles.